The first-order valence-corrected chi connectivity index (χ1v) is 17.2. The van der Waals surface area contributed by atoms with E-state index in [1.165, 1.54) is 32.9 Å². The van der Waals surface area contributed by atoms with Gasteiger partial charge in [0.15, 0.2) is 5.78 Å². The van der Waals surface area contributed by atoms with Gasteiger partial charge in [0.2, 0.25) is 11.6 Å². The number of aromatic hydroxyl groups is 1. The Labute approximate surface area is 297 Å². The van der Waals surface area contributed by atoms with Gasteiger partial charge in [-0.25, -0.2) is 0 Å². The number of nitrogens with one attached hydrogen (secondary N) is 1. The Hall–Kier alpha value is -4.57. The molecule has 0 bridgehead atoms. The number of hydrogen-bond donors (Lipinski definition) is 3. The second-order valence-electron chi connectivity index (χ2n) is 13.1. The normalized spacial score (nSPS) is 27.3. The maximum absolute atomic E-state index is 13.4. The van der Waals surface area contributed by atoms with E-state index in [4.69, 9.17) is 17.8 Å². The van der Waals surface area contributed by atoms with Crippen LogP contribution in [0.3, 0.4) is 0 Å². The Morgan fingerprint density at radius 3 is 2.31 bits per heavy atom. The number of amides is 1. The first kappa shape index (κ1) is 39.2. The average Bonchev–Trinajstić information content (AvgIpc) is 3.30. The van der Waals surface area contributed by atoms with Crippen LogP contribution >= 0.6 is 0 Å². The van der Waals surface area contributed by atoms with E-state index in [1.54, 1.807) is 32.1 Å². The Morgan fingerprint density at radius 1 is 1.04 bits per heavy atom. The van der Waals surface area contributed by atoms with Gasteiger partial charge in [-0.05, 0) is 19.9 Å². The third-order valence-corrected chi connectivity index (χ3v) is 10.0. The van der Waals surface area contributed by atoms with E-state index in [0.717, 1.165) is 13.0 Å². The molecule has 1 amide bonds. The van der Waals surface area contributed by atoms with E-state index in [9.17, 15) is 43.2 Å². The third-order valence-electron chi connectivity index (χ3n) is 9.25. The van der Waals surface area contributed by atoms with Crippen LogP contribution in [0.5, 0.6) is 11.5 Å². The minimum absolute atomic E-state index is 0.0307. The molecule has 9 atom stereocenters. The van der Waals surface area contributed by atoms with E-state index in [2.05, 4.69) is 5.32 Å². The summed E-state index contributed by atoms with van der Waals surface area (Å²) < 4.78 is 34.8. The van der Waals surface area contributed by atoms with E-state index in [-0.39, 0.29) is 40.2 Å². The molecule has 0 aromatic heterocycles. The van der Waals surface area contributed by atoms with Crippen molar-refractivity contribution in [3.05, 3.63) is 70.0 Å². The van der Waals surface area contributed by atoms with Crippen molar-refractivity contribution < 1.29 is 61.0 Å². The number of benzene rings is 1. The summed E-state index contributed by atoms with van der Waals surface area (Å²) >= 11 is -2.12. The number of rotatable bonds is 11. The van der Waals surface area contributed by atoms with Crippen LogP contribution < -0.4 is 10.1 Å². The molecular weight excluding hydrogens is 686 g/mol. The van der Waals surface area contributed by atoms with Crippen LogP contribution in [-0.4, -0.2) is 74.0 Å². The molecular formula is C36H41NO13S. The summed E-state index contributed by atoms with van der Waals surface area (Å²) in [5.74, 6) is -8.57. The van der Waals surface area contributed by atoms with Gasteiger partial charge in [0.05, 0.1) is 34.6 Å². The van der Waals surface area contributed by atoms with Gasteiger partial charge < -0.3 is 25.0 Å². The van der Waals surface area contributed by atoms with Crippen LogP contribution in [0.1, 0.15) is 85.1 Å². The van der Waals surface area contributed by atoms with E-state index >= 15 is 0 Å². The number of hydrogen-bond acceptors (Lipinski definition) is 13. The molecule has 1 fully saturated rings. The predicted molar refractivity (Wildman–Crippen MR) is 182 cm³/mol. The van der Waals surface area contributed by atoms with Crippen molar-refractivity contribution >= 4 is 46.9 Å². The van der Waals surface area contributed by atoms with Crippen molar-refractivity contribution in [3.63, 3.8) is 0 Å². The topological polar surface area (TPSA) is 209 Å². The lowest BCUT2D eigenvalue weighted by Crippen LogP contribution is -2.50. The number of fused-ring (bicyclic) bond motifs is 3. The van der Waals surface area contributed by atoms with Gasteiger partial charge in [0.25, 0.3) is 11.7 Å². The van der Waals surface area contributed by atoms with Gasteiger partial charge in [0, 0.05) is 54.7 Å². The number of allylic oxidation sites excluding steroid dienone is 5. The minimum atomic E-state index is -2.29. The Bertz CT molecular complexity index is 1820. The molecule has 2 heterocycles. The van der Waals surface area contributed by atoms with Gasteiger partial charge in [0.1, 0.15) is 23.9 Å². The minimum Gasteiger partial charge on any atom is -0.507 e. The summed E-state index contributed by atoms with van der Waals surface area (Å²) in [5.41, 5.74) is -1.55. The molecule has 3 N–H and O–H groups in total. The van der Waals surface area contributed by atoms with Crippen LogP contribution in [-0.2, 0) is 38.8 Å². The molecule has 15 heteroatoms. The Kier molecular flexibility index (Phi) is 11.8. The van der Waals surface area contributed by atoms with Crippen molar-refractivity contribution in [2.24, 2.45) is 23.7 Å². The lowest BCUT2D eigenvalue weighted by molar-refractivity contribution is -0.155. The summed E-state index contributed by atoms with van der Waals surface area (Å²) in [6.45, 7) is 12.4. The smallest absolute Gasteiger partial charge is 0.305 e. The van der Waals surface area contributed by atoms with Gasteiger partial charge in [-0.15, -0.1) is 0 Å². The van der Waals surface area contributed by atoms with Crippen LogP contribution in [0.4, 0.5) is 0 Å². The molecule has 1 aliphatic carbocycles. The summed E-state index contributed by atoms with van der Waals surface area (Å²) in [7, 11) is 0. The second kappa shape index (κ2) is 15.4. The first-order valence-electron chi connectivity index (χ1n) is 16.2. The van der Waals surface area contributed by atoms with Gasteiger partial charge in [-0.1, -0.05) is 52.0 Å². The summed E-state index contributed by atoms with van der Waals surface area (Å²) in [6.07, 6.45) is 7.20. The first-order chi connectivity index (χ1) is 23.8. The monoisotopic (exact) mass is 727 g/mol. The molecule has 9 unspecified atom stereocenters. The molecule has 1 saturated heterocycles. The number of phenols is 1. The van der Waals surface area contributed by atoms with Crippen LogP contribution in [0, 0.1) is 30.6 Å². The van der Waals surface area contributed by atoms with Crippen LogP contribution in [0.15, 0.2) is 47.7 Å². The number of esters is 1. The molecule has 3 aliphatic rings. The lowest BCUT2D eigenvalue weighted by Gasteiger charge is -2.41. The molecule has 0 spiro atoms. The molecule has 0 radical (unpaired) electrons. The van der Waals surface area contributed by atoms with Crippen molar-refractivity contribution in [1.29, 1.82) is 0 Å². The van der Waals surface area contributed by atoms with E-state index < -0.39 is 93.2 Å². The zero-order valence-electron chi connectivity index (χ0n) is 29.4. The standard InChI is InChI=1S/C36H41NO13S/c1-16(13-10-14-38)30(47-22(7)39)20(5)32-21(6)31(49-51(46)50-32)17(2)11-9-12-18(3)35(44)37-23-15-24(40)25-26(29(23)42)28(41)19(4)33-27(25)34(43)36(8,45)48-33/h9-17,20-21,30-32,41,45H,1-8H3,(H,37,44). The molecule has 1 aromatic carbocycles. The predicted octanol–water partition coefficient (Wildman–Crippen LogP) is 3.46. The summed E-state index contributed by atoms with van der Waals surface area (Å²) in [5, 5.41) is 23.5. The second-order valence-corrected chi connectivity index (χ2v) is 13.9. The zero-order chi connectivity index (χ0) is 38.1. The quantitative estimate of drug-likeness (QED) is 0.129. The largest absolute Gasteiger partial charge is 0.507 e. The number of aldehydes is 1. The number of aliphatic hydroxyl groups is 1. The maximum Gasteiger partial charge on any atom is 0.305 e. The third kappa shape index (κ3) is 7.86. The molecule has 51 heavy (non-hydrogen) atoms. The van der Waals surface area contributed by atoms with Crippen LogP contribution in [0.25, 0.3) is 0 Å². The maximum atomic E-state index is 13.4. The molecule has 1 aromatic rings. The fraction of sp³-hybridized carbons (Fsp3) is 0.444. The number of carbonyl (C=O) groups excluding carboxylic acids is 6. The number of ketones is 3. The van der Waals surface area contributed by atoms with Gasteiger partial charge >= 0.3 is 17.3 Å². The number of phenolic OH excluding ortho intramolecular Hbond substituents is 1. The lowest BCUT2D eigenvalue weighted by atomic mass is 9.79. The highest BCUT2D eigenvalue weighted by Crippen LogP contribution is 2.46. The fourth-order valence-electron chi connectivity index (χ4n) is 6.51. The highest BCUT2D eigenvalue weighted by Gasteiger charge is 2.49. The number of Topliss-reactive ketones (excluding diaryl/α,β-unsaturated/α-hetero) is 2. The van der Waals surface area contributed by atoms with E-state index in [0.29, 0.717) is 6.29 Å². The SMILES string of the molecule is CC(=O)OC(C(C)C=CC=O)C(C)C1OS(=O)OC(C(C)C=CC=C(C)C(=O)NC2=CC(=O)c3c(c(O)c(C)c4c3C(=O)C(C)(O)O4)C2=O)C1C. The Morgan fingerprint density at radius 2 is 1.69 bits per heavy atom. The molecule has 4 rings (SSSR count). The summed E-state index contributed by atoms with van der Waals surface area (Å²) in [4.78, 5) is 75.2. The average molecular weight is 728 g/mol. The van der Waals surface area contributed by atoms with Gasteiger partial charge in [-0.3, -0.25) is 37.1 Å². The highest BCUT2D eigenvalue weighted by molar-refractivity contribution is 7.75. The zero-order valence-corrected chi connectivity index (χ0v) is 30.2. The van der Waals surface area contributed by atoms with Crippen molar-refractivity contribution in [2.75, 3.05) is 0 Å². The van der Waals surface area contributed by atoms with Crippen molar-refractivity contribution in [1.82, 2.24) is 5.32 Å². The number of carbonyl (C=O) groups is 6. The van der Waals surface area contributed by atoms with Gasteiger partial charge in [-0.2, -0.15) is 4.21 Å². The molecule has 14 nitrogen and oxygen atoms in total. The highest BCUT2D eigenvalue weighted by atomic mass is 32.2. The number of ether oxygens (including phenoxy) is 2. The molecule has 2 aliphatic heterocycles. The van der Waals surface area contributed by atoms with E-state index in [1.807, 2.05) is 13.8 Å². The fourth-order valence-corrected chi connectivity index (χ4v) is 7.62. The van der Waals surface area contributed by atoms with Crippen molar-refractivity contribution in [2.45, 2.75) is 79.5 Å². The molecule has 0 saturated carbocycles. The molecule has 274 valence electrons. The summed E-state index contributed by atoms with van der Waals surface area (Å²) in [6, 6.07) is 0. The Balaban J connectivity index is 1.48. The van der Waals surface area contributed by atoms with Crippen molar-refractivity contribution in [3.8, 4) is 11.5 Å². The van der Waals surface area contributed by atoms with Crippen LogP contribution in [0.2, 0.25) is 0 Å².